The molecule has 170 valence electrons. The van der Waals surface area contributed by atoms with Crippen molar-refractivity contribution in [1.29, 1.82) is 0 Å². The number of nitrogens with one attached hydrogen (secondary N) is 2. The minimum absolute atomic E-state index is 0.00307. The number of alkyl carbamates (subject to hydrolysis) is 1. The van der Waals surface area contributed by atoms with Crippen molar-refractivity contribution in [3.63, 3.8) is 0 Å². The molecule has 0 fully saturated rings. The number of alkyl halides is 3. The van der Waals surface area contributed by atoms with E-state index in [4.69, 9.17) is 16.3 Å². The Bertz CT molecular complexity index is 925. The summed E-state index contributed by atoms with van der Waals surface area (Å²) in [5, 5.41) is 5.18. The second-order valence-electron chi connectivity index (χ2n) is 7.64. The molecular weight excluding hydrogens is 521 g/mol. The van der Waals surface area contributed by atoms with Crippen LogP contribution in [0.5, 0.6) is 0 Å². The van der Waals surface area contributed by atoms with E-state index in [2.05, 4.69) is 26.6 Å². The van der Waals surface area contributed by atoms with Gasteiger partial charge in [-0.2, -0.15) is 13.2 Å². The van der Waals surface area contributed by atoms with E-state index in [9.17, 15) is 22.8 Å². The highest BCUT2D eigenvalue weighted by Gasteiger charge is 2.33. The fraction of sp³-hybridized carbons (Fsp3) is 0.400. The molecule has 2 amide bonds. The van der Waals surface area contributed by atoms with Crippen molar-refractivity contribution < 1.29 is 27.5 Å². The predicted molar refractivity (Wildman–Crippen MR) is 118 cm³/mol. The molecule has 2 N–H and O–H groups in total. The molecule has 0 aliphatic rings. The zero-order valence-electron chi connectivity index (χ0n) is 16.9. The highest BCUT2D eigenvalue weighted by Crippen LogP contribution is 2.33. The molecule has 0 saturated carbocycles. The van der Waals surface area contributed by atoms with E-state index in [0.29, 0.717) is 8.81 Å². The lowest BCUT2D eigenvalue weighted by Crippen LogP contribution is -2.46. The van der Waals surface area contributed by atoms with Crippen molar-refractivity contribution >= 4 is 50.9 Å². The number of hydrogen-bond acceptors (Lipinski definition) is 4. The monoisotopic (exact) mass is 540 g/mol. The Labute approximate surface area is 195 Å². The molecule has 0 aliphatic heterocycles. The SMILES string of the molecule is CC(C)(C)OC(=O)NCC(Cc1ccccc1C(F)(F)F)NC(=O)c1cc(Br)c(Cl)s1. The summed E-state index contributed by atoms with van der Waals surface area (Å²) in [5.41, 5.74) is -1.55. The topological polar surface area (TPSA) is 67.4 Å². The molecule has 2 aromatic rings. The summed E-state index contributed by atoms with van der Waals surface area (Å²) in [6.07, 6.45) is -5.44. The van der Waals surface area contributed by atoms with Crippen molar-refractivity contribution in [3.8, 4) is 0 Å². The van der Waals surface area contributed by atoms with Gasteiger partial charge in [0, 0.05) is 11.0 Å². The molecule has 1 heterocycles. The van der Waals surface area contributed by atoms with Crippen molar-refractivity contribution in [2.45, 2.75) is 45.0 Å². The fourth-order valence-corrected chi connectivity index (χ4v) is 4.26. The van der Waals surface area contributed by atoms with E-state index < -0.39 is 35.4 Å². The number of ether oxygens (including phenoxy) is 1. The Hall–Kier alpha value is -1.78. The van der Waals surface area contributed by atoms with Gasteiger partial charge in [-0.3, -0.25) is 4.79 Å². The minimum atomic E-state index is -4.55. The first-order valence-corrected chi connectivity index (χ1v) is 11.1. The van der Waals surface area contributed by atoms with Crippen molar-refractivity contribution in [1.82, 2.24) is 10.6 Å². The number of carbonyl (C=O) groups is 2. The zero-order valence-corrected chi connectivity index (χ0v) is 20.1. The lowest BCUT2D eigenvalue weighted by atomic mass is 9.99. The van der Waals surface area contributed by atoms with Crippen molar-refractivity contribution in [3.05, 3.63) is 55.1 Å². The quantitative estimate of drug-likeness (QED) is 0.468. The smallest absolute Gasteiger partial charge is 0.416 e. The Morgan fingerprint density at radius 3 is 2.42 bits per heavy atom. The van der Waals surface area contributed by atoms with Crippen molar-refractivity contribution in [2.24, 2.45) is 0 Å². The number of thiophene rings is 1. The van der Waals surface area contributed by atoms with Gasteiger partial charge in [0.2, 0.25) is 0 Å². The number of carbonyl (C=O) groups excluding carboxylic acids is 2. The van der Waals surface area contributed by atoms with Gasteiger partial charge in [0.15, 0.2) is 0 Å². The molecule has 1 aromatic heterocycles. The number of benzene rings is 1. The van der Waals surface area contributed by atoms with Crippen LogP contribution in [0.4, 0.5) is 18.0 Å². The molecule has 0 bridgehead atoms. The molecule has 0 aliphatic carbocycles. The maximum Gasteiger partial charge on any atom is 0.416 e. The highest BCUT2D eigenvalue weighted by molar-refractivity contribution is 9.10. The van der Waals surface area contributed by atoms with Gasteiger partial charge in [0.25, 0.3) is 5.91 Å². The van der Waals surface area contributed by atoms with Crippen LogP contribution in [0.2, 0.25) is 4.34 Å². The van der Waals surface area contributed by atoms with Crippen LogP contribution in [0.1, 0.15) is 41.6 Å². The van der Waals surface area contributed by atoms with Crippen LogP contribution < -0.4 is 10.6 Å². The number of halogens is 5. The molecule has 11 heteroatoms. The molecule has 2 rings (SSSR count). The van der Waals surface area contributed by atoms with Crippen LogP contribution in [-0.2, 0) is 17.3 Å². The molecule has 1 aromatic carbocycles. The standard InChI is InChI=1S/C20H21BrClF3N2O3S/c1-19(2,3)30-18(29)26-10-12(27-17(28)15-9-14(21)16(22)31-15)8-11-6-4-5-7-13(11)20(23,24)25/h4-7,9,12H,8,10H2,1-3H3,(H,26,29)(H,27,28). The maximum atomic E-state index is 13.4. The second kappa shape index (κ2) is 10.2. The summed E-state index contributed by atoms with van der Waals surface area (Å²) in [6.45, 7) is 4.92. The summed E-state index contributed by atoms with van der Waals surface area (Å²) in [4.78, 5) is 24.9. The number of rotatable bonds is 6. The van der Waals surface area contributed by atoms with E-state index in [0.717, 1.165) is 17.4 Å². The van der Waals surface area contributed by atoms with Crippen LogP contribution in [0.25, 0.3) is 0 Å². The van der Waals surface area contributed by atoms with Crippen LogP contribution in [0, 0.1) is 0 Å². The summed E-state index contributed by atoms with van der Waals surface area (Å²) < 4.78 is 46.2. The molecule has 0 saturated heterocycles. The number of hydrogen-bond donors (Lipinski definition) is 2. The average molecular weight is 542 g/mol. The third-order valence-corrected chi connectivity index (χ3v) is 6.36. The largest absolute Gasteiger partial charge is 0.444 e. The Kier molecular flexibility index (Phi) is 8.40. The van der Waals surface area contributed by atoms with Crippen molar-refractivity contribution in [2.75, 3.05) is 6.54 Å². The van der Waals surface area contributed by atoms with E-state index in [1.807, 2.05) is 0 Å². The van der Waals surface area contributed by atoms with Crippen LogP contribution in [0.15, 0.2) is 34.8 Å². The summed E-state index contributed by atoms with van der Waals surface area (Å²) in [6, 6.07) is 5.79. The van der Waals surface area contributed by atoms with Gasteiger partial charge in [-0.25, -0.2) is 4.79 Å². The first-order chi connectivity index (χ1) is 14.3. The van der Waals surface area contributed by atoms with Gasteiger partial charge in [-0.05, 0) is 60.8 Å². The second-order valence-corrected chi connectivity index (χ2v) is 10.2. The van der Waals surface area contributed by atoms with Gasteiger partial charge >= 0.3 is 12.3 Å². The highest BCUT2D eigenvalue weighted by atomic mass is 79.9. The van der Waals surface area contributed by atoms with Gasteiger partial charge in [-0.1, -0.05) is 29.8 Å². The van der Waals surface area contributed by atoms with Gasteiger partial charge < -0.3 is 15.4 Å². The zero-order chi connectivity index (χ0) is 23.4. The predicted octanol–water partition coefficient (Wildman–Crippen LogP) is 6.05. The first kappa shape index (κ1) is 25.5. The van der Waals surface area contributed by atoms with Crippen LogP contribution in [0.3, 0.4) is 0 Å². The van der Waals surface area contributed by atoms with E-state index in [1.165, 1.54) is 24.3 Å². The van der Waals surface area contributed by atoms with E-state index in [-0.39, 0.29) is 23.4 Å². The molecule has 31 heavy (non-hydrogen) atoms. The molecule has 1 atom stereocenters. The van der Waals surface area contributed by atoms with Gasteiger partial charge in [0.1, 0.15) is 9.94 Å². The first-order valence-electron chi connectivity index (χ1n) is 9.14. The normalized spacial score (nSPS) is 12.9. The van der Waals surface area contributed by atoms with Gasteiger partial charge in [-0.15, -0.1) is 11.3 Å². The molecule has 5 nitrogen and oxygen atoms in total. The third kappa shape index (κ3) is 8.01. The summed E-state index contributed by atoms with van der Waals surface area (Å²) >= 11 is 10.2. The third-order valence-electron chi connectivity index (χ3n) is 3.88. The lowest BCUT2D eigenvalue weighted by Gasteiger charge is -2.23. The van der Waals surface area contributed by atoms with E-state index >= 15 is 0 Å². The number of amides is 2. The Balaban J connectivity index is 2.21. The average Bonchev–Trinajstić information content (AvgIpc) is 2.97. The molecule has 1 unspecified atom stereocenters. The lowest BCUT2D eigenvalue weighted by molar-refractivity contribution is -0.138. The molecule has 0 radical (unpaired) electrons. The Morgan fingerprint density at radius 1 is 1.23 bits per heavy atom. The Morgan fingerprint density at radius 2 is 1.87 bits per heavy atom. The minimum Gasteiger partial charge on any atom is -0.444 e. The van der Waals surface area contributed by atoms with Crippen LogP contribution >= 0.6 is 38.9 Å². The van der Waals surface area contributed by atoms with Gasteiger partial charge in [0.05, 0.1) is 16.5 Å². The molecular formula is C20H21BrClF3N2O3S. The summed E-state index contributed by atoms with van der Waals surface area (Å²) in [5.74, 6) is -0.516. The summed E-state index contributed by atoms with van der Waals surface area (Å²) in [7, 11) is 0. The molecule has 0 spiro atoms. The maximum absolute atomic E-state index is 13.4. The van der Waals surface area contributed by atoms with Crippen LogP contribution in [-0.4, -0.2) is 30.2 Å². The fourth-order valence-electron chi connectivity index (χ4n) is 2.65. The van der Waals surface area contributed by atoms with E-state index in [1.54, 1.807) is 20.8 Å².